The first-order valence-electron chi connectivity index (χ1n) is 6.93. The standard InChI is InChI=1S/C13H24N2O4/c1-3-19-13(16)9-10(2)15(18)12-8-6-4-5-7-11(12)14-17/h10,12,17-18H,3-9H2,1-2H3/b14-11-. The van der Waals surface area contributed by atoms with Crippen molar-refractivity contribution in [3.8, 4) is 0 Å². The number of ether oxygens (including phenoxy) is 1. The minimum Gasteiger partial charge on any atom is -0.466 e. The molecule has 110 valence electrons. The van der Waals surface area contributed by atoms with Crippen LogP contribution >= 0.6 is 0 Å². The van der Waals surface area contributed by atoms with Gasteiger partial charge in [-0.1, -0.05) is 18.0 Å². The molecule has 0 amide bonds. The predicted octanol–water partition coefficient (Wildman–Crippen LogP) is 2.18. The van der Waals surface area contributed by atoms with Crippen LogP contribution in [-0.4, -0.2) is 45.8 Å². The maximum Gasteiger partial charge on any atom is 0.307 e. The molecule has 0 aromatic rings. The third-order valence-corrected chi connectivity index (χ3v) is 3.46. The fraction of sp³-hybridized carbons (Fsp3) is 0.846. The summed E-state index contributed by atoms with van der Waals surface area (Å²) in [5, 5.41) is 23.7. The van der Waals surface area contributed by atoms with Crippen molar-refractivity contribution in [2.24, 2.45) is 5.16 Å². The van der Waals surface area contributed by atoms with E-state index in [-0.39, 0.29) is 24.5 Å². The first-order valence-corrected chi connectivity index (χ1v) is 6.93. The molecule has 2 unspecified atom stereocenters. The van der Waals surface area contributed by atoms with Gasteiger partial charge in [0.15, 0.2) is 0 Å². The van der Waals surface area contributed by atoms with E-state index in [1.807, 2.05) is 0 Å². The fourth-order valence-electron chi connectivity index (χ4n) is 2.42. The summed E-state index contributed by atoms with van der Waals surface area (Å²) in [6.45, 7) is 3.85. The first kappa shape index (κ1) is 15.9. The van der Waals surface area contributed by atoms with Crippen molar-refractivity contribution < 1.29 is 19.9 Å². The third kappa shape index (κ3) is 4.80. The Morgan fingerprint density at radius 3 is 2.89 bits per heavy atom. The Labute approximate surface area is 114 Å². The van der Waals surface area contributed by atoms with Crippen molar-refractivity contribution in [3.63, 3.8) is 0 Å². The van der Waals surface area contributed by atoms with Crippen molar-refractivity contribution in [1.82, 2.24) is 5.06 Å². The van der Waals surface area contributed by atoms with E-state index in [0.717, 1.165) is 30.7 Å². The zero-order chi connectivity index (χ0) is 14.3. The van der Waals surface area contributed by atoms with Gasteiger partial charge in [-0.3, -0.25) is 4.79 Å². The molecule has 19 heavy (non-hydrogen) atoms. The molecular weight excluding hydrogens is 248 g/mol. The average Bonchev–Trinajstić information content (AvgIpc) is 2.62. The number of esters is 1. The summed E-state index contributed by atoms with van der Waals surface area (Å²) in [6, 6.07) is -0.671. The molecule has 1 rings (SSSR count). The monoisotopic (exact) mass is 272 g/mol. The van der Waals surface area contributed by atoms with E-state index in [4.69, 9.17) is 9.94 Å². The highest BCUT2D eigenvalue weighted by molar-refractivity contribution is 5.89. The lowest BCUT2D eigenvalue weighted by Crippen LogP contribution is -2.44. The van der Waals surface area contributed by atoms with E-state index in [0.29, 0.717) is 18.7 Å². The summed E-state index contributed by atoms with van der Waals surface area (Å²) in [4.78, 5) is 11.4. The normalized spacial score (nSPS) is 24.2. The van der Waals surface area contributed by atoms with Crippen LogP contribution in [0.15, 0.2) is 5.16 Å². The molecule has 1 aliphatic carbocycles. The van der Waals surface area contributed by atoms with Crippen LogP contribution in [0.3, 0.4) is 0 Å². The van der Waals surface area contributed by atoms with Gasteiger partial charge in [-0.05, 0) is 33.1 Å². The Bertz CT molecular complexity index is 320. The van der Waals surface area contributed by atoms with Gasteiger partial charge in [-0.2, -0.15) is 5.06 Å². The van der Waals surface area contributed by atoms with E-state index in [2.05, 4.69) is 5.16 Å². The molecule has 1 fully saturated rings. The van der Waals surface area contributed by atoms with Crippen LogP contribution in [0.5, 0.6) is 0 Å². The molecule has 0 aromatic heterocycles. The maximum atomic E-state index is 11.4. The summed E-state index contributed by atoms with van der Waals surface area (Å²) in [6.07, 6.45) is 4.56. The molecule has 6 nitrogen and oxygen atoms in total. The second kappa shape index (κ2) is 8.12. The van der Waals surface area contributed by atoms with Crippen LogP contribution < -0.4 is 0 Å². The number of carbonyl (C=O) groups excluding carboxylic acids is 1. The van der Waals surface area contributed by atoms with Gasteiger partial charge in [0.25, 0.3) is 0 Å². The van der Waals surface area contributed by atoms with Crippen LogP contribution in [-0.2, 0) is 9.53 Å². The molecule has 1 aliphatic rings. The highest BCUT2D eigenvalue weighted by Gasteiger charge is 2.29. The highest BCUT2D eigenvalue weighted by atomic mass is 16.5. The lowest BCUT2D eigenvalue weighted by atomic mass is 10.0. The molecule has 0 radical (unpaired) electrons. The SMILES string of the molecule is CCOC(=O)CC(C)N(O)C1CCCCC/C1=N/O. The molecular formula is C13H24N2O4. The molecule has 0 aliphatic heterocycles. The van der Waals surface area contributed by atoms with Gasteiger partial charge in [0.2, 0.25) is 0 Å². The van der Waals surface area contributed by atoms with Crippen LogP contribution in [0.2, 0.25) is 0 Å². The summed E-state index contributed by atoms with van der Waals surface area (Å²) < 4.78 is 4.87. The Morgan fingerprint density at radius 1 is 1.53 bits per heavy atom. The Morgan fingerprint density at radius 2 is 2.26 bits per heavy atom. The second-order valence-electron chi connectivity index (χ2n) is 4.94. The Kier molecular flexibility index (Phi) is 6.80. The average molecular weight is 272 g/mol. The highest BCUT2D eigenvalue weighted by Crippen LogP contribution is 2.21. The van der Waals surface area contributed by atoms with Crippen molar-refractivity contribution in [3.05, 3.63) is 0 Å². The molecule has 0 bridgehead atoms. The molecule has 0 spiro atoms. The van der Waals surface area contributed by atoms with Crippen molar-refractivity contribution in [1.29, 1.82) is 0 Å². The van der Waals surface area contributed by atoms with E-state index in [1.165, 1.54) is 0 Å². The predicted molar refractivity (Wildman–Crippen MR) is 70.4 cm³/mol. The lowest BCUT2D eigenvalue weighted by molar-refractivity contribution is -0.161. The molecule has 6 heteroatoms. The van der Waals surface area contributed by atoms with Gasteiger partial charge in [0.05, 0.1) is 24.8 Å². The van der Waals surface area contributed by atoms with E-state index in [9.17, 15) is 10.0 Å². The van der Waals surface area contributed by atoms with Crippen LogP contribution in [0.25, 0.3) is 0 Å². The summed E-state index contributed by atoms with van der Waals surface area (Å²) >= 11 is 0. The molecule has 0 heterocycles. The number of hydroxylamine groups is 2. The maximum absolute atomic E-state index is 11.4. The van der Waals surface area contributed by atoms with Crippen molar-refractivity contribution in [2.45, 2.75) is 64.5 Å². The largest absolute Gasteiger partial charge is 0.466 e. The van der Waals surface area contributed by atoms with Crippen LogP contribution in [0, 0.1) is 0 Å². The first-order chi connectivity index (χ1) is 9.10. The van der Waals surface area contributed by atoms with Crippen LogP contribution in [0.1, 0.15) is 52.4 Å². The lowest BCUT2D eigenvalue weighted by Gasteiger charge is -2.30. The number of oxime groups is 1. The van der Waals surface area contributed by atoms with Crippen molar-refractivity contribution in [2.75, 3.05) is 6.61 Å². The number of carbonyl (C=O) groups is 1. The van der Waals surface area contributed by atoms with Gasteiger partial charge in [-0.25, -0.2) is 0 Å². The third-order valence-electron chi connectivity index (χ3n) is 3.46. The fourth-order valence-corrected chi connectivity index (χ4v) is 2.42. The topological polar surface area (TPSA) is 82.4 Å². The molecule has 2 atom stereocenters. The smallest absolute Gasteiger partial charge is 0.307 e. The minimum absolute atomic E-state index is 0.125. The summed E-state index contributed by atoms with van der Waals surface area (Å²) in [7, 11) is 0. The molecule has 2 N–H and O–H groups in total. The van der Waals surface area contributed by atoms with E-state index in [1.54, 1.807) is 13.8 Å². The van der Waals surface area contributed by atoms with Gasteiger partial charge < -0.3 is 15.2 Å². The quantitative estimate of drug-likeness (QED) is 0.347. The summed E-state index contributed by atoms with van der Waals surface area (Å²) in [5.74, 6) is -0.329. The van der Waals surface area contributed by atoms with E-state index >= 15 is 0 Å². The second-order valence-corrected chi connectivity index (χ2v) is 4.94. The number of hydrogen-bond acceptors (Lipinski definition) is 6. The number of nitrogens with zero attached hydrogens (tertiary/aromatic N) is 2. The molecule has 0 saturated heterocycles. The zero-order valence-electron chi connectivity index (χ0n) is 11.7. The Balaban J connectivity index is 2.62. The Hall–Kier alpha value is -1.14. The number of hydrogen-bond donors (Lipinski definition) is 2. The van der Waals surface area contributed by atoms with Crippen LogP contribution in [0.4, 0.5) is 0 Å². The molecule has 1 saturated carbocycles. The van der Waals surface area contributed by atoms with Crippen molar-refractivity contribution >= 4 is 11.7 Å². The van der Waals surface area contributed by atoms with E-state index < -0.39 is 0 Å². The minimum atomic E-state index is -0.362. The van der Waals surface area contributed by atoms with Gasteiger partial charge >= 0.3 is 5.97 Å². The van der Waals surface area contributed by atoms with Gasteiger partial charge in [0, 0.05) is 6.04 Å². The molecule has 0 aromatic carbocycles. The van der Waals surface area contributed by atoms with Gasteiger partial charge in [-0.15, -0.1) is 0 Å². The summed E-state index contributed by atoms with van der Waals surface area (Å²) in [5.41, 5.74) is 0.593. The zero-order valence-corrected chi connectivity index (χ0v) is 11.7. The number of rotatable bonds is 5. The van der Waals surface area contributed by atoms with Gasteiger partial charge in [0.1, 0.15) is 0 Å².